The highest BCUT2D eigenvalue weighted by Crippen LogP contribution is 2.32. The molecular formula is C22H17ClN2O3. The molecule has 0 spiro atoms. The third-order valence-corrected chi connectivity index (χ3v) is 4.60. The molecule has 5 nitrogen and oxygen atoms in total. The number of oxazole rings is 1. The molecule has 0 atom stereocenters. The number of aryl methyl sites for hydroxylation is 1. The number of nitrogens with zero attached hydrogens (tertiary/aromatic N) is 1. The number of hydrogen-bond donors (Lipinski definition) is 1. The summed E-state index contributed by atoms with van der Waals surface area (Å²) < 4.78 is 11.2. The number of anilines is 1. The van der Waals surface area contributed by atoms with Gasteiger partial charge in [0.2, 0.25) is 5.89 Å². The molecule has 0 aliphatic rings. The van der Waals surface area contributed by atoms with Crippen LogP contribution in [0.2, 0.25) is 5.02 Å². The summed E-state index contributed by atoms with van der Waals surface area (Å²) in [6.45, 7) is 2.01. The predicted molar refractivity (Wildman–Crippen MR) is 110 cm³/mol. The van der Waals surface area contributed by atoms with Crippen LogP contribution >= 0.6 is 11.6 Å². The highest BCUT2D eigenvalue weighted by atomic mass is 35.5. The number of amides is 1. The van der Waals surface area contributed by atoms with E-state index >= 15 is 0 Å². The fourth-order valence-corrected chi connectivity index (χ4v) is 3.02. The van der Waals surface area contributed by atoms with Crippen LogP contribution in [0.5, 0.6) is 5.75 Å². The maximum Gasteiger partial charge on any atom is 0.255 e. The Kier molecular flexibility index (Phi) is 4.75. The van der Waals surface area contributed by atoms with Gasteiger partial charge in [-0.15, -0.1) is 0 Å². The molecular weight excluding hydrogens is 376 g/mol. The Morgan fingerprint density at radius 1 is 1.07 bits per heavy atom. The molecule has 0 radical (unpaired) electrons. The van der Waals surface area contributed by atoms with Crippen LogP contribution in [0.4, 0.5) is 5.69 Å². The van der Waals surface area contributed by atoms with Gasteiger partial charge in [-0.1, -0.05) is 17.7 Å². The molecule has 1 heterocycles. The minimum absolute atomic E-state index is 0.264. The van der Waals surface area contributed by atoms with E-state index in [-0.39, 0.29) is 5.91 Å². The monoisotopic (exact) mass is 392 g/mol. The number of carbonyl (C=O) groups is 1. The lowest BCUT2D eigenvalue weighted by molar-refractivity contribution is 0.102. The summed E-state index contributed by atoms with van der Waals surface area (Å²) in [7, 11) is 1.55. The Bertz CT molecular complexity index is 1170. The number of benzene rings is 3. The van der Waals surface area contributed by atoms with Gasteiger partial charge >= 0.3 is 0 Å². The number of nitrogens with one attached hydrogen (secondary N) is 1. The van der Waals surface area contributed by atoms with Crippen LogP contribution in [0, 0.1) is 6.92 Å². The van der Waals surface area contributed by atoms with E-state index < -0.39 is 0 Å². The zero-order chi connectivity index (χ0) is 19.7. The van der Waals surface area contributed by atoms with Crippen LogP contribution < -0.4 is 10.1 Å². The van der Waals surface area contributed by atoms with Gasteiger partial charge in [-0.3, -0.25) is 4.79 Å². The zero-order valence-corrected chi connectivity index (χ0v) is 16.1. The zero-order valence-electron chi connectivity index (χ0n) is 15.3. The average molecular weight is 393 g/mol. The van der Waals surface area contributed by atoms with E-state index in [1.807, 2.05) is 31.2 Å². The van der Waals surface area contributed by atoms with Crippen molar-refractivity contribution in [3.8, 4) is 17.2 Å². The third kappa shape index (κ3) is 3.57. The van der Waals surface area contributed by atoms with Crippen molar-refractivity contribution in [3.05, 3.63) is 76.8 Å². The van der Waals surface area contributed by atoms with Crippen molar-refractivity contribution in [2.45, 2.75) is 6.92 Å². The molecule has 6 heteroatoms. The van der Waals surface area contributed by atoms with E-state index in [4.69, 9.17) is 20.8 Å². The van der Waals surface area contributed by atoms with E-state index in [0.29, 0.717) is 33.5 Å². The first-order chi connectivity index (χ1) is 13.5. The number of hydrogen-bond acceptors (Lipinski definition) is 4. The molecule has 3 aromatic carbocycles. The summed E-state index contributed by atoms with van der Waals surface area (Å²) in [5, 5.41) is 3.45. The summed E-state index contributed by atoms with van der Waals surface area (Å²) in [5.74, 6) is 0.753. The second-order valence-corrected chi connectivity index (χ2v) is 6.80. The lowest BCUT2D eigenvalue weighted by Gasteiger charge is -2.11. The molecule has 0 saturated heterocycles. The largest absolute Gasteiger partial charge is 0.495 e. The molecule has 1 amide bonds. The van der Waals surface area contributed by atoms with Crippen LogP contribution in [-0.2, 0) is 0 Å². The Morgan fingerprint density at radius 2 is 1.86 bits per heavy atom. The molecule has 0 aliphatic carbocycles. The van der Waals surface area contributed by atoms with Gasteiger partial charge in [0.15, 0.2) is 5.58 Å². The fourth-order valence-electron chi connectivity index (χ4n) is 2.90. The molecule has 0 unspecified atom stereocenters. The molecule has 0 saturated carbocycles. The maximum absolute atomic E-state index is 12.6. The van der Waals surface area contributed by atoms with Crippen LogP contribution in [-0.4, -0.2) is 18.0 Å². The summed E-state index contributed by atoms with van der Waals surface area (Å²) in [4.78, 5) is 17.1. The number of ether oxygens (including phenoxy) is 1. The minimum Gasteiger partial charge on any atom is -0.495 e. The van der Waals surface area contributed by atoms with E-state index in [2.05, 4.69) is 10.3 Å². The lowest BCUT2D eigenvalue weighted by Crippen LogP contribution is -2.12. The van der Waals surface area contributed by atoms with Gasteiger partial charge in [0.25, 0.3) is 5.91 Å². The van der Waals surface area contributed by atoms with Gasteiger partial charge in [-0.25, -0.2) is 4.98 Å². The van der Waals surface area contributed by atoms with Crippen LogP contribution in [0.15, 0.2) is 65.1 Å². The molecule has 0 fully saturated rings. The number of aromatic nitrogens is 1. The van der Waals surface area contributed by atoms with Crippen molar-refractivity contribution < 1.29 is 13.9 Å². The van der Waals surface area contributed by atoms with Crippen molar-refractivity contribution in [1.82, 2.24) is 4.98 Å². The second-order valence-electron chi connectivity index (χ2n) is 6.37. The Hall–Kier alpha value is -3.31. The highest BCUT2D eigenvalue weighted by molar-refractivity contribution is 6.30. The smallest absolute Gasteiger partial charge is 0.255 e. The van der Waals surface area contributed by atoms with Crippen LogP contribution in [0.25, 0.3) is 22.6 Å². The molecule has 4 aromatic rings. The summed E-state index contributed by atoms with van der Waals surface area (Å²) in [6, 6.07) is 17.9. The van der Waals surface area contributed by atoms with E-state index in [9.17, 15) is 4.79 Å². The quantitative estimate of drug-likeness (QED) is 0.482. The Morgan fingerprint density at radius 3 is 2.61 bits per heavy atom. The first-order valence-corrected chi connectivity index (χ1v) is 9.04. The van der Waals surface area contributed by atoms with Crippen molar-refractivity contribution in [3.63, 3.8) is 0 Å². The minimum atomic E-state index is -0.264. The Balaban J connectivity index is 1.68. The highest BCUT2D eigenvalue weighted by Gasteiger charge is 2.14. The maximum atomic E-state index is 12.6. The van der Waals surface area contributed by atoms with Gasteiger partial charge in [0, 0.05) is 16.1 Å². The molecule has 1 N–H and O–H groups in total. The molecule has 4 rings (SSSR count). The van der Waals surface area contributed by atoms with E-state index in [1.54, 1.807) is 43.5 Å². The fraction of sp³-hybridized carbons (Fsp3) is 0.0909. The predicted octanol–water partition coefficient (Wildman–Crippen LogP) is 5.72. The van der Waals surface area contributed by atoms with Crippen molar-refractivity contribution in [2.75, 3.05) is 12.4 Å². The van der Waals surface area contributed by atoms with Crippen LogP contribution in [0.3, 0.4) is 0 Å². The van der Waals surface area contributed by atoms with Gasteiger partial charge in [0.05, 0.1) is 12.8 Å². The normalized spacial score (nSPS) is 10.8. The van der Waals surface area contributed by atoms with E-state index in [1.165, 1.54) is 0 Å². The lowest BCUT2D eigenvalue weighted by atomic mass is 10.1. The number of methoxy groups -OCH3 is 1. The number of rotatable bonds is 4. The molecule has 1 aromatic heterocycles. The van der Waals surface area contributed by atoms with Gasteiger partial charge in [-0.05, 0) is 67.1 Å². The molecule has 28 heavy (non-hydrogen) atoms. The summed E-state index contributed by atoms with van der Waals surface area (Å²) in [5.41, 5.74) is 4.37. The van der Waals surface area contributed by atoms with Gasteiger partial charge in [-0.2, -0.15) is 0 Å². The summed E-state index contributed by atoms with van der Waals surface area (Å²) >= 11 is 5.89. The van der Waals surface area contributed by atoms with Crippen LogP contribution in [0.1, 0.15) is 15.9 Å². The summed E-state index contributed by atoms with van der Waals surface area (Å²) in [6.07, 6.45) is 0. The van der Waals surface area contributed by atoms with Crippen molar-refractivity contribution in [2.24, 2.45) is 0 Å². The molecule has 0 aliphatic heterocycles. The first-order valence-electron chi connectivity index (χ1n) is 8.66. The number of halogens is 1. The average Bonchev–Trinajstić information content (AvgIpc) is 3.11. The van der Waals surface area contributed by atoms with Crippen molar-refractivity contribution >= 4 is 34.3 Å². The molecule has 140 valence electrons. The van der Waals surface area contributed by atoms with Crippen molar-refractivity contribution in [1.29, 1.82) is 0 Å². The second kappa shape index (κ2) is 7.37. The van der Waals surface area contributed by atoms with Gasteiger partial charge < -0.3 is 14.5 Å². The topological polar surface area (TPSA) is 64.4 Å². The van der Waals surface area contributed by atoms with Gasteiger partial charge in [0.1, 0.15) is 11.3 Å². The number of fused-ring (bicyclic) bond motifs is 1. The number of carbonyl (C=O) groups excluding carboxylic acids is 1. The standard InChI is InChI=1S/C22H17ClN2O3/c1-13-3-9-20-17(11-13)25-22(28-20)15-6-10-19(27-2)18(12-15)24-21(26)14-4-7-16(23)8-5-14/h3-12H,1-2H3,(H,24,26). The molecule has 0 bridgehead atoms. The third-order valence-electron chi connectivity index (χ3n) is 4.34. The van der Waals surface area contributed by atoms with E-state index in [0.717, 1.165) is 16.6 Å². The first kappa shape index (κ1) is 18.1. The SMILES string of the molecule is COc1ccc(-c2nc3cc(C)ccc3o2)cc1NC(=O)c1ccc(Cl)cc1. The Labute approximate surface area is 166 Å².